The number of rotatable bonds is 7. The number of carbonyl (C=O) groups is 3. The van der Waals surface area contributed by atoms with E-state index in [4.69, 9.17) is 9.84 Å². The highest BCUT2D eigenvalue weighted by Gasteiger charge is 2.32. The van der Waals surface area contributed by atoms with Crippen LogP contribution in [0.15, 0.2) is 42.5 Å². The molecule has 1 fully saturated rings. The van der Waals surface area contributed by atoms with Crippen LogP contribution in [-0.2, 0) is 20.9 Å². The molecule has 0 saturated carbocycles. The van der Waals surface area contributed by atoms with Gasteiger partial charge in [-0.25, -0.2) is 0 Å². The van der Waals surface area contributed by atoms with E-state index in [1.54, 1.807) is 24.3 Å². The van der Waals surface area contributed by atoms with Crippen molar-refractivity contribution in [1.82, 2.24) is 15.1 Å². The van der Waals surface area contributed by atoms with E-state index < -0.39 is 30.2 Å². The predicted molar refractivity (Wildman–Crippen MR) is 136 cm³/mol. The van der Waals surface area contributed by atoms with Gasteiger partial charge in [-0.05, 0) is 60.9 Å². The zero-order valence-electron chi connectivity index (χ0n) is 21.0. The van der Waals surface area contributed by atoms with Crippen LogP contribution in [0.1, 0.15) is 39.0 Å². The van der Waals surface area contributed by atoms with Crippen LogP contribution in [0.25, 0.3) is 0 Å². The maximum absolute atomic E-state index is 12.8. The third kappa shape index (κ3) is 7.01. The van der Waals surface area contributed by atoms with Crippen molar-refractivity contribution in [1.29, 1.82) is 0 Å². The molecule has 0 bridgehead atoms. The first-order valence-electron chi connectivity index (χ1n) is 12.0. The number of benzene rings is 2. The van der Waals surface area contributed by atoms with Gasteiger partial charge in [0.2, 0.25) is 5.91 Å². The number of ether oxygens (including phenoxy) is 1. The molecule has 8 nitrogen and oxygen atoms in total. The Balaban J connectivity index is 1.67. The number of hydrogen-bond donors (Lipinski definition) is 2. The highest BCUT2D eigenvalue weighted by molar-refractivity contribution is 6.10. The summed E-state index contributed by atoms with van der Waals surface area (Å²) in [6, 6.07) is 11.5. The van der Waals surface area contributed by atoms with E-state index in [2.05, 4.69) is 41.1 Å². The van der Waals surface area contributed by atoms with Gasteiger partial charge in [0.1, 0.15) is 6.61 Å². The quantitative estimate of drug-likeness (QED) is 0.448. The number of nitrogens with one attached hydrogen (secondary N) is 1. The number of Topliss-reactive ketones (excluding diaryl/α,β-unsaturated/α-hetero) is 1. The van der Waals surface area contributed by atoms with Gasteiger partial charge in [0.15, 0.2) is 11.8 Å². The summed E-state index contributed by atoms with van der Waals surface area (Å²) in [4.78, 5) is 40.3. The van der Waals surface area contributed by atoms with Crippen LogP contribution in [0.3, 0.4) is 0 Å². The van der Waals surface area contributed by atoms with Crippen LogP contribution >= 0.6 is 0 Å². The van der Waals surface area contributed by atoms with E-state index in [1.165, 1.54) is 25.2 Å². The molecule has 8 heteroatoms. The van der Waals surface area contributed by atoms with Gasteiger partial charge in [-0.2, -0.15) is 0 Å². The molecule has 2 aromatic rings. The molecule has 2 aromatic carbocycles. The van der Waals surface area contributed by atoms with Crippen LogP contribution in [0, 0.1) is 18.8 Å². The summed E-state index contributed by atoms with van der Waals surface area (Å²) in [7, 11) is 2.72. The summed E-state index contributed by atoms with van der Waals surface area (Å²) in [5.41, 5.74) is 4.42. The Morgan fingerprint density at radius 3 is 2.44 bits per heavy atom. The minimum atomic E-state index is -1.40. The second kappa shape index (κ2) is 13.0. The maximum Gasteiger partial charge on any atom is 0.254 e. The fraction of sp³-hybridized carbons (Fsp3) is 0.393. The monoisotopic (exact) mass is 491 g/mol. The molecule has 0 aliphatic carbocycles. The number of ketones is 1. The van der Waals surface area contributed by atoms with E-state index in [-0.39, 0.29) is 0 Å². The normalized spacial score (nSPS) is 14.7. The molecule has 2 amide bonds. The Morgan fingerprint density at radius 1 is 1.08 bits per heavy atom. The number of hydrogen-bond acceptors (Lipinski definition) is 6. The lowest BCUT2D eigenvalue weighted by Crippen LogP contribution is -2.52. The summed E-state index contributed by atoms with van der Waals surface area (Å²) >= 11 is 0. The van der Waals surface area contributed by atoms with Crippen molar-refractivity contribution in [2.75, 3.05) is 47.0 Å². The molecule has 2 N–H and O–H groups in total. The van der Waals surface area contributed by atoms with E-state index in [1.807, 2.05) is 6.07 Å². The van der Waals surface area contributed by atoms with Crippen LogP contribution in [-0.4, -0.2) is 85.6 Å². The fourth-order valence-corrected chi connectivity index (χ4v) is 4.07. The van der Waals surface area contributed by atoms with Gasteiger partial charge in [-0.3, -0.25) is 19.3 Å². The minimum Gasteiger partial charge on any atom is -0.388 e. The number of aliphatic hydroxyl groups is 1. The lowest BCUT2D eigenvalue weighted by molar-refractivity contribution is -0.135. The first-order chi connectivity index (χ1) is 17.3. The summed E-state index contributed by atoms with van der Waals surface area (Å²) < 4.78 is 5.54. The zero-order valence-corrected chi connectivity index (χ0v) is 21.0. The maximum atomic E-state index is 12.8. The van der Waals surface area contributed by atoms with E-state index in [0.29, 0.717) is 5.56 Å². The van der Waals surface area contributed by atoms with Crippen molar-refractivity contribution in [3.8, 4) is 11.8 Å². The minimum absolute atomic E-state index is 0.307. The van der Waals surface area contributed by atoms with E-state index >= 15 is 0 Å². The Hall–Kier alpha value is -3.51. The Morgan fingerprint density at radius 2 is 1.78 bits per heavy atom. The van der Waals surface area contributed by atoms with Crippen molar-refractivity contribution in [3.05, 3.63) is 70.3 Å². The van der Waals surface area contributed by atoms with Gasteiger partial charge in [0.25, 0.3) is 5.91 Å². The SMILES string of the molecule is CNC(=O)C(C(=O)CO)N(C)C(=O)c1ccc(C#Cc2ccc(CN3CCCOCC3)c(C)c2)cc1. The molecular weight excluding hydrogens is 458 g/mol. The standard InChI is InChI=1S/C28H33N3O5/c1-20-17-22(9-12-24(20)18-31-13-4-15-36-16-14-31)6-5-21-7-10-23(11-8-21)28(35)30(3)26(25(33)19-32)27(34)29-2/h7-12,17,26,32H,4,13-16,18-19H2,1-3H3,(H,29,34). The van der Waals surface area contributed by atoms with Crippen LogP contribution < -0.4 is 5.32 Å². The number of likely N-dealkylation sites (N-methyl/N-ethyl adjacent to an activating group) is 2. The third-order valence-electron chi connectivity index (χ3n) is 6.20. The van der Waals surface area contributed by atoms with Crippen molar-refractivity contribution < 1.29 is 24.2 Å². The Labute approximate surface area is 212 Å². The lowest BCUT2D eigenvalue weighted by atomic mass is 10.0. The summed E-state index contributed by atoms with van der Waals surface area (Å²) in [5.74, 6) is 4.37. The molecule has 1 saturated heterocycles. The number of carbonyl (C=O) groups excluding carboxylic acids is 3. The topological polar surface area (TPSA) is 99.2 Å². The van der Waals surface area contributed by atoms with Crippen LogP contribution in [0.2, 0.25) is 0 Å². The van der Waals surface area contributed by atoms with Crippen LogP contribution in [0.4, 0.5) is 0 Å². The number of nitrogens with zero attached hydrogens (tertiary/aromatic N) is 2. The van der Waals surface area contributed by atoms with Gasteiger partial charge in [-0.1, -0.05) is 17.9 Å². The molecule has 1 aliphatic heterocycles. The molecule has 1 unspecified atom stereocenters. The third-order valence-corrected chi connectivity index (χ3v) is 6.20. The molecule has 190 valence electrons. The molecule has 3 rings (SSSR count). The van der Waals surface area contributed by atoms with Gasteiger partial charge in [-0.15, -0.1) is 0 Å². The van der Waals surface area contributed by atoms with E-state index in [0.717, 1.165) is 55.3 Å². The second-order valence-electron chi connectivity index (χ2n) is 8.77. The summed E-state index contributed by atoms with van der Waals surface area (Å²) in [6.45, 7) is 5.75. The van der Waals surface area contributed by atoms with E-state index in [9.17, 15) is 14.4 Å². The first kappa shape index (κ1) is 27.1. The molecule has 1 aliphatic rings. The first-order valence-corrected chi connectivity index (χ1v) is 12.0. The zero-order chi connectivity index (χ0) is 26.1. The largest absolute Gasteiger partial charge is 0.388 e. The highest BCUT2D eigenvalue weighted by Crippen LogP contribution is 2.15. The Bertz CT molecular complexity index is 1130. The van der Waals surface area contributed by atoms with Crippen molar-refractivity contribution in [3.63, 3.8) is 0 Å². The van der Waals surface area contributed by atoms with Crippen LogP contribution in [0.5, 0.6) is 0 Å². The predicted octanol–water partition coefficient (Wildman–Crippen LogP) is 1.37. The molecule has 0 spiro atoms. The van der Waals surface area contributed by atoms with Gasteiger partial charge in [0, 0.05) is 57.0 Å². The second-order valence-corrected chi connectivity index (χ2v) is 8.77. The molecule has 0 radical (unpaired) electrons. The fourth-order valence-electron chi connectivity index (χ4n) is 4.07. The van der Waals surface area contributed by atoms with Gasteiger partial charge < -0.3 is 20.1 Å². The summed E-state index contributed by atoms with van der Waals surface area (Å²) in [6.07, 6.45) is 1.05. The van der Waals surface area contributed by atoms with Crippen molar-refractivity contribution in [2.45, 2.75) is 25.9 Å². The van der Waals surface area contributed by atoms with Crippen molar-refractivity contribution in [2.24, 2.45) is 0 Å². The highest BCUT2D eigenvalue weighted by atomic mass is 16.5. The average molecular weight is 492 g/mol. The van der Waals surface area contributed by atoms with Gasteiger partial charge >= 0.3 is 0 Å². The summed E-state index contributed by atoms with van der Waals surface area (Å²) in [5, 5.41) is 11.5. The molecule has 36 heavy (non-hydrogen) atoms. The lowest BCUT2D eigenvalue weighted by Gasteiger charge is -2.25. The molecule has 1 atom stereocenters. The number of aliphatic hydroxyl groups excluding tert-OH is 1. The number of amides is 2. The average Bonchev–Trinajstić information content (AvgIpc) is 3.17. The Kier molecular flexibility index (Phi) is 9.77. The number of aryl methyl sites for hydroxylation is 1. The smallest absolute Gasteiger partial charge is 0.254 e. The molecular formula is C28H33N3O5. The van der Waals surface area contributed by atoms with Crippen molar-refractivity contribution >= 4 is 17.6 Å². The molecule has 0 aromatic heterocycles. The molecule has 1 heterocycles. The van der Waals surface area contributed by atoms with Gasteiger partial charge in [0.05, 0.1) is 6.61 Å².